The predicted molar refractivity (Wildman–Crippen MR) is 101 cm³/mol. The first-order valence-electron chi connectivity index (χ1n) is 8.33. The number of sulfonamides is 1. The van der Waals surface area contributed by atoms with Crippen LogP contribution < -0.4 is 5.32 Å². The van der Waals surface area contributed by atoms with Crippen molar-refractivity contribution in [3.05, 3.63) is 28.2 Å². The molecule has 1 aromatic carbocycles. The maximum absolute atomic E-state index is 12.7. The van der Waals surface area contributed by atoms with Crippen LogP contribution in [0.3, 0.4) is 0 Å². The molecule has 0 unspecified atom stereocenters. The second-order valence-corrected chi connectivity index (χ2v) is 8.65. The SMILES string of the molecule is COCCCCNC(=O)N1CCN(S(=O)(=O)c2ccc(Cl)c(Cl)c2)CC1. The van der Waals surface area contributed by atoms with Crippen LogP contribution >= 0.6 is 23.2 Å². The number of nitrogens with zero attached hydrogens (tertiary/aromatic N) is 2. The van der Waals surface area contributed by atoms with Crippen molar-refractivity contribution in [2.75, 3.05) is 46.4 Å². The van der Waals surface area contributed by atoms with Gasteiger partial charge in [-0.05, 0) is 31.0 Å². The highest BCUT2D eigenvalue weighted by molar-refractivity contribution is 7.89. The minimum absolute atomic E-state index is 0.0999. The van der Waals surface area contributed by atoms with Gasteiger partial charge >= 0.3 is 6.03 Å². The van der Waals surface area contributed by atoms with Gasteiger partial charge < -0.3 is 15.0 Å². The predicted octanol–water partition coefficient (Wildman–Crippen LogP) is 2.44. The van der Waals surface area contributed by atoms with E-state index in [1.165, 1.54) is 22.5 Å². The van der Waals surface area contributed by atoms with Crippen molar-refractivity contribution >= 4 is 39.3 Å². The highest BCUT2D eigenvalue weighted by Gasteiger charge is 2.30. The lowest BCUT2D eigenvalue weighted by Crippen LogP contribution is -2.53. The van der Waals surface area contributed by atoms with Crippen LogP contribution in [-0.4, -0.2) is 70.1 Å². The van der Waals surface area contributed by atoms with Gasteiger partial charge in [0.15, 0.2) is 0 Å². The van der Waals surface area contributed by atoms with Gasteiger partial charge in [-0.3, -0.25) is 0 Å². The van der Waals surface area contributed by atoms with E-state index in [1.807, 2.05) is 0 Å². The summed E-state index contributed by atoms with van der Waals surface area (Å²) >= 11 is 11.8. The third-order valence-electron chi connectivity index (χ3n) is 4.11. The molecule has 1 heterocycles. The molecule has 2 rings (SSSR count). The third-order valence-corrected chi connectivity index (χ3v) is 6.74. The standard InChI is InChI=1S/C16H23Cl2N3O4S/c1-25-11-3-2-6-19-16(22)20-7-9-21(10-8-20)26(23,24)13-4-5-14(17)15(18)12-13/h4-5,12H,2-3,6-11H2,1H3,(H,19,22). The lowest BCUT2D eigenvalue weighted by atomic mass is 10.3. The fourth-order valence-corrected chi connectivity index (χ4v) is 4.41. The molecule has 0 atom stereocenters. The maximum Gasteiger partial charge on any atom is 0.317 e. The molecular weight excluding hydrogens is 401 g/mol. The quantitative estimate of drug-likeness (QED) is 0.682. The molecule has 0 bridgehead atoms. The zero-order valence-corrected chi connectivity index (χ0v) is 16.9. The summed E-state index contributed by atoms with van der Waals surface area (Å²) < 4.78 is 31.7. The van der Waals surface area contributed by atoms with Crippen LogP contribution in [0.15, 0.2) is 23.1 Å². The van der Waals surface area contributed by atoms with Gasteiger partial charge in [-0.25, -0.2) is 13.2 Å². The molecule has 7 nitrogen and oxygen atoms in total. The Morgan fingerprint density at radius 3 is 2.46 bits per heavy atom. The van der Waals surface area contributed by atoms with Crippen molar-refractivity contribution in [3.63, 3.8) is 0 Å². The number of carbonyl (C=O) groups is 1. The number of benzene rings is 1. The first kappa shape index (κ1) is 21.2. The van der Waals surface area contributed by atoms with Gasteiger partial charge in [-0.2, -0.15) is 4.31 Å². The minimum Gasteiger partial charge on any atom is -0.385 e. The van der Waals surface area contributed by atoms with Gasteiger partial charge in [0, 0.05) is 46.4 Å². The van der Waals surface area contributed by atoms with E-state index in [1.54, 1.807) is 12.0 Å². The lowest BCUT2D eigenvalue weighted by Gasteiger charge is -2.34. The number of unbranched alkanes of at least 4 members (excludes halogenated alkanes) is 1. The summed E-state index contributed by atoms with van der Waals surface area (Å²) in [7, 11) is -2.02. The zero-order chi connectivity index (χ0) is 19.2. The molecule has 0 aromatic heterocycles. The van der Waals surface area contributed by atoms with Crippen molar-refractivity contribution in [1.29, 1.82) is 0 Å². The molecule has 2 amide bonds. The van der Waals surface area contributed by atoms with Gasteiger partial charge in [0.25, 0.3) is 0 Å². The van der Waals surface area contributed by atoms with Crippen molar-refractivity contribution in [2.24, 2.45) is 0 Å². The summed E-state index contributed by atoms with van der Waals surface area (Å²) in [6, 6.07) is 4.07. The highest BCUT2D eigenvalue weighted by atomic mass is 35.5. The summed E-state index contributed by atoms with van der Waals surface area (Å²) in [5.74, 6) is 0. The van der Waals surface area contributed by atoms with Crippen LogP contribution in [0, 0.1) is 0 Å². The Morgan fingerprint density at radius 1 is 1.15 bits per heavy atom. The first-order chi connectivity index (χ1) is 12.4. The molecule has 26 heavy (non-hydrogen) atoms. The van der Waals surface area contributed by atoms with E-state index in [-0.39, 0.29) is 29.0 Å². The highest BCUT2D eigenvalue weighted by Crippen LogP contribution is 2.27. The Balaban J connectivity index is 1.87. The maximum atomic E-state index is 12.7. The molecule has 0 radical (unpaired) electrons. The molecule has 1 N–H and O–H groups in total. The number of amides is 2. The van der Waals surface area contributed by atoms with Crippen molar-refractivity contribution in [3.8, 4) is 0 Å². The smallest absolute Gasteiger partial charge is 0.317 e. The molecule has 1 aliphatic heterocycles. The van der Waals surface area contributed by atoms with E-state index in [9.17, 15) is 13.2 Å². The Kier molecular flexibility index (Phi) is 7.97. The Labute approximate surface area is 164 Å². The number of hydrogen-bond acceptors (Lipinski definition) is 4. The van der Waals surface area contributed by atoms with Crippen molar-refractivity contribution in [1.82, 2.24) is 14.5 Å². The number of methoxy groups -OCH3 is 1. The van der Waals surface area contributed by atoms with Crippen LogP contribution in [0.25, 0.3) is 0 Å². The molecule has 10 heteroatoms. The largest absolute Gasteiger partial charge is 0.385 e. The summed E-state index contributed by atoms with van der Waals surface area (Å²) in [5, 5.41) is 3.34. The number of ether oxygens (including phenoxy) is 1. The summed E-state index contributed by atoms with van der Waals surface area (Å²) in [4.78, 5) is 13.8. The van der Waals surface area contributed by atoms with Gasteiger partial charge in [0.2, 0.25) is 10.0 Å². The topological polar surface area (TPSA) is 79.0 Å². The zero-order valence-electron chi connectivity index (χ0n) is 14.6. The molecule has 1 aliphatic rings. The number of piperazine rings is 1. The molecule has 0 saturated carbocycles. The normalized spacial score (nSPS) is 15.9. The van der Waals surface area contributed by atoms with E-state index in [2.05, 4.69) is 5.32 Å². The fourth-order valence-electron chi connectivity index (χ4n) is 2.60. The minimum atomic E-state index is -3.66. The summed E-state index contributed by atoms with van der Waals surface area (Å²) in [6.45, 7) is 2.39. The molecule has 146 valence electrons. The fraction of sp³-hybridized carbons (Fsp3) is 0.562. The van der Waals surface area contributed by atoms with E-state index < -0.39 is 10.0 Å². The number of halogens is 2. The second kappa shape index (κ2) is 9.75. The van der Waals surface area contributed by atoms with E-state index in [0.29, 0.717) is 31.3 Å². The average molecular weight is 424 g/mol. The monoisotopic (exact) mass is 423 g/mol. The molecule has 1 aromatic rings. The van der Waals surface area contributed by atoms with Crippen molar-refractivity contribution in [2.45, 2.75) is 17.7 Å². The number of hydrogen-bond donors (Lipinski definition) is 1. The van der Waals surface area contributed by atoms with Crippen LogP contribution in [0.1, 0.15) is 12.8 Å². The van der Waals surface area contributed by atoms with Gasteiger partial charge in [-0.1, -0.05) is 23.2 Å². The first-order valence-corrected chi connectivity index (χ1v) is 10.5. The average Bonchev–Trinajstić information content (AvgIpc) is 2.63. The van der Waals surface area contributed by atoms with E-state index >= 15 is 0 Å². The number of urea groups is 1. The Bertz CT molecular complexity index is 722. The van der Waals surface area contributed by atoms with Gasteiger partial charge in [0.1, 0.15) is 0 Å². The van der Waals surface area contributed by atoms with Gasteiger partial charge in [0.05, 0.1) is 14.9 Å². The van der Waals surface area contributed by atoms with Crippen LogP contribution in [0.4, 0.5) is 4.79 Å². The number of carbonyl (C=O) groups excluding carboxylic acids is 1. The molecule has 0 spiro atoms. The lowest BCUT2D eigenvalue weighted by molar-refractivity contribution is 0.170. The van der Waals surface area contributed by atoms with E-state index in [4.69, 9.17) is 27.9 Å². The van der Waals surface area contributed by atoms with Gasteiger partial charge in [-0.15, -0.1) is 0 Å². The van der Waals surface area contributed by atoms with Crippen LogP contribution in [-0.2, 0) is 14.8 Å². The number of nitrogens with one attached hydrogen (secondary N) is 1. The molecule has 1 saturated heterocycles. The van der Waals surface area contributed by atoms with E-state index in [0.717, 1.165) is 12.8 Å². The molecule has 1 fully saturated rings. The van der Waals surface area contributed by atoms with Crippen LogP contribution in [0.2, 0.25) is 10.0 Å². The Hall–Kier alpha value is -1.06. The molecular formula is C16H23Cl2N3O4S. The summed E-state index contributed by atoms with van der Waals surface area (Å²) in [6.07, 6.45) is 1.72. The van der Waals surface area contributed by atoms with Crippen LogP contribution in [0.5, 0.6) is 0 Å². The number of rotatable bonds is 7. The second-order valence-electron chi connectivity index (χ2n) is 5.90. The molecule has 0 aliphatic carbocycles. The third kappa shape index (κ3) is 5.47. The van der Waals surface area contributed by atoms with Crippen molar-refractivity contribution < 1.29 is 17.9 Å². The Morgan fingerprint density at radius 2 is 1.85 bits per heavy atom. The summed E-state index contributed by atoms with van der Waals surface area (Å²) in [5.41, 5.74) is 0.